The Morgan fingerprint density at radius 1 is 1.38 bits per heavy atom. The van der Waals surface area contributed by atoms with E-state index in [2.05, 4.69) is 11.8 Å². The third-order valence-corrected chi connectivity index (χ3v) is 3.64. The Kier molecular flexibility index (Phi) is 5.26. The number of rotatable bonds is 4. The lowest BCUT2D eigenvalue weighted by Crippen LogP contribution is -2.49. The number of aliphatic carboxylic acids is 1. The van der Waals surface area contributed by atoms with Crippen molar-refractivity contribution in [3.63, 3.8) is 0 Å². The van der Waals surface area contributed by atoms with E-state index >= 15 is 0 Å². The van der Waals surface area contributed by atoms with Crippen molar-refractivity contribution in [2.75, 3.05) is 6.54 Å². The Bertz CT molecular complexity index is 228. The normalized spacial score (nSPS) is 25.4. The van der Waals surface area contributed by atoms with Gasteiger partial charge in [0.25, 0.3) is 0 Å². The summed E-state index contributed by atoms with van der Waals surface area (Å²) in [6, 6.07) is 0.161. The van der Waals surface area contributed by atoms with Crippen LogP contribution in [0.1, 0.15) is 52.9 Å². The predicted octanol–water partition coefficient (Wildman–Crippen LogP) is 2.75. The zero-order valence-electron chi connectivity index (χ0n) is 10.8. The molecule has 0 spiro atoms. The van der Waals surface area contributed by atoms with Crippen molar-refractivity contribution in [3.8, 4) is 0 Å². The highest BCUT2D eigenvalue weighted by Crippen LogP contribution is 2.24. The first-order chi connectivity index (χ1) is 7.57. The molecular weight excluding hydrogens is 202 g/mol. The molecule has 0 aromatic carbocycles. The molecular formula is C13H25NO2. The quantitative estimate of drug-likeness (QED) is 0.803. The van der Waals surface area contributed by atoms with E-state index in [4.69, 9.17) is 0 Å². The second kappa shape index (κ2) is 6.24. The highest BCUT2D eigenvalue weighted by molar-refractivity contribution is 5.73. The average Bonchev–Trinajstić information content (AvgIpc) is 2.42. The number of nitrogens with zero attached hydrogens (tertiary/aromatic N) is 1. The maximum absolute atomic E-state index is 11.4. The summed E-state index contributed by atoms with van der Waals surface area (Å²) in [7, 11) is 0. The second-order valence-corrected chi connectivity index (χ2v) is 5.18. The van der Waals surface area contributed by atoms with Gasteiger partial charge in [0.15, 0.2) is 0 Å². The van der Waals surface area contributed by atoms with E-state index in [-0.39, 0.29) is 12.0 Å². The van der Waals surface area contributed by atoms with Gasteiger partial charge >= 0.3 is 5.97 Å². The van der Waals surface area contributed by atoms with Gasteiger partial charge in [-0.15, -0.1) is 0 Å². The molecule has 16 heavy (non-hydrogen) atoms. The van der Waals surface area contributed by atoms with Crippen molar-refractivity contribution in [1.29, 1.82) is 0 Å². The van der Waals surface area contributed by atoms with Crippen LogP contribution >= 0.6 is 0 Å². The lowest BCUT2D eigenvalue weighted by atomic mass is 9.98. The van der Waals surface area contributed by atoms with Crippen LogP contribution in [0, 0.1) is 5.92 Å². The summed E-state index contributed by atoms with van der Waals surface area (Å²) in [5.41, 5.74) is 0. The van der Waals surface area contributed by atoms with Gasteiger partial charge in [-0.3, -0.25) is 9.69 Å². The van der Waals surface area contributed by atoms with Crippen LogP contribution in [-0.2, 0) is 4.79 Å². The number of likely N-dealkylation sites (tertiary alicyclic amines) is 1. The van der Waals surface area contributed by atoms with Crippen LogP contribution in [0.3, 0.4) is 0 Å². The molecule has 1 aliphatic rings. The molecule has 0 amide bonds. The molecule has 1 N–H and O–H groups in total. The molecule has 0 aromatic heterocycles. The highest BCUT2D eigenvalue weighted by Gasteiger charge is 2.33. The fourth-order valence-corrected chi connectivity index (χ4v) is 2.81. The van der Waals surface area contributed by atoms with Gasteiger partial charge in [-0.25, -0.2) is 0 Å². The zero-order chi connectivity index (χ0) is 12.1. The average molecular weight is 227 g/mol. The highest BCUT2D eigenvalue weighted by atomic mass is 16.4. The zero-order valence-corrected chi connectivity index (χ0v) is 10.8. The van der Waals surface area contributed by atoms with Crippen LogP contribution in [0.15, 0.2) is 0 Å². The third kappa shape index (κ3) is 3.21. The first-order valence-corrected chi connectivity index (χ1v) is 6.56. The van der Waals surface area contributed by atoms with Crippen molar-refractivity contribution in [1.82, 2.24) is 4.90 Å². The molecule has 1 heterocycles. The predicted molar refractivity (Wildman–Crippen MR) is 65.5 cm³/mol. The van der Waals surface area contributed by atoms with Crippen LogP contribution in [0.4, 0.5) is 0 Å². The Morgan fingerprint density at radius 2 is 2.06 bits per heavy atom. The summed E-state index contributed by atoms with van der Waals surface area (Å²) in [5.74, 6) is -0.472. The SMILES string of the molecule is CCC1CCCCCN1C(C(=O)O)C(C)C. The van der Waals surface area contributed by atoms with Crippen molar-refractivity contribution < 1.29 is 9.90 Å². The summed E-state index contributed by atoms with van der Waals surface area (Å²) in [6.45, 7) is 7.14. The van der Waals surface area contributed by atoms with E-state index < -0.39 is 5.97 Å². The monoisotopic (exact) mass is 227 g/mol. The summed E-state index contributed by atoms with van der Waals surface area (Å²) < 4.78 is 0. The maximum Gasteiger partial charge on any atom is 0.321 e. The molecule has 2 atom stereocenters. The van der Waals surface area contributed by atoms with Gasteiger partial charge < -0.3 is 5.11 Å². The Hall–Kier alpha value is -0.570. The van der Waals surface area contributed by atoms with Gasteiger partial charge in [0.1, 0.15) is 6.04 Å². The molecule has 0 saturated carbocycles. The van der Waals surface area contributed by atoms with Crippen molar-refractivity contribution >= 4 is 5.97 Å². The molecule has 1 fully saturated rings. The maximum atomic E-state index is 11.4. The fourth-order valence-electron chi connectivity index (χ4n) is 2.81. The molecule has 3 heteroatoms. The first kappa shape index (κ1) is 13.5. The van der Waals surface area contributed by atoms with Crippen molar-refractivity contribution in [2.24, 2.45) is 5.92 Å². The Morgan fingerprint density at radius 3 is 2.56 bits per heavy atom. The molecule has 0 aliphatic carbocycles. The topological polar surface area (TPSA) is 40.5 Å². The van der Waals surface area contributed by atoms with Gasteiger partial charge in [0, 0.05) is 6.04 Å². The molecule has 94 valence electrons. The number of hydrogen-bond acceptors (Lipinski definition) is 2. The first-order valence-electron chi connectivity index (χ1n) is 6.56. The third-order valence-electron chi connectivity index (χ3n) is 3.64. The Balaban J connectivity index is 2.81. The molecule has 0 radical (unpaired) electrons. The number of carboxylic acid groups (broad SMARTS) is 1. The fraction of sp³-hybridized carbons (Fsp3) is 0.923. The molecule has 1 aliphatic heterocycles. The summed E-state index contributed by atoms with van der Waals surface area (Å²) >= 11 is 0. The standard InChI is InChI=1S/C13H25NO2/c1-4-11-8-6-5-7-9-14(11)12(10(2)3)13(15)16/h10-12H,4-9H2,1-3H3,(H,15,16). The number of hydrogen-bond donors (Lipinski definition) is 1. The van der Waals surface area contributed by atoms with E-state index in [1.165, 1.54) is 12.8 Å². The summed E-state index contributed by atoms with van der Waals surface area (Å²) in [4.78, 5) is 13.6. The van der Waals surface area contributed by atoms with E-state index in [1.54, 1.807) is 0 Å². The summed E-state index contributed by atoms with van der Waals surface area (Å²) in [5, 5.41) is 9.36. The van der Waals surface area contributed by atoms with Crippen molar-refractivity contribution in [3.05, 3.63) is 0 Å². The second-order valence-electron chi connectivity index (χ2n) is 5.18. The molecule has 1 saturated heterocycles. The largest absolute Gasteiger partial charge is 0.480 e. The van der Waals surface area contributed by atoms with Gasteiger partial charge in [-0.1, -0.05) is 33.6 Å². The van der Waals surface area contributed by atoms with Crippen LogP contribution in [-0.4, -0.2) is 34.6 Å². The molecule has 3 nitrogen and oxygen atoms in total. The molecule has 0 bridgehead atoms. The minimum Gasteiger partial charge on any atom is -0.480 e. The van der Waals surface area contributed by atoms with Crippen LogP contribution in [0.5, 0.6) is 0 Å². The van der Waals surface area contributed by atoms with Crippen LogP contribution in [0.25, 0.3) is 0 Å². The lowest BCUT2D eigenvalue weighted by Gasteiger charge is -2.36. The van der Waals surface area contributed by atoms with E-state index in [0.29, 0.717) is 6.04 Å². The van der Waals surface area contributed by atoms with E-state index in [9.17, 15) is 9.90 Å². The molecule has 0 aromatic rings. The smallest absolute Gasteiger partial charge is 0.321 e. The number of carboxylic acids is 1. The minimum atomic E-state index is -0.657. The lowest BCUT2D eigenvalue weighted by molar-refractivity contribution is -0.146. The van der Waals surface area contributed by atoms with Crippen LogP contribution < -0.4 is 0 Å². The van der Waals surface area contributed by atoms with E-state index in [1.807, 2.05) is 13.8 Å². The molecule has 2 unspecified atom stereocenters. The van der Waals surface area contributed by atoms with Crippen molar-refractivity contribution in [2.45, 2.75) is 65.0 Å². The van der Waals surface area contributed by atoms with Gasteiger partial charge in [-0.05, 0) is 31.7 Å². The number of carbonyl (C=O) groups is 1. The van der Waals surface area contributed by atoms with Gasteiger partial charge in [0.2, 0.25) is 0 Å². The summed E-state index contributed by atoms with van der Waals surface area (Å²) in [6.07, 6.45) is 5.87. The molecule has 1 rings (SSSR count). The Labute approximate surface area is 98.8 Å². The van der Waals surface area contributed by atoms with Crippen LogP contribution in [0.2, 0.25) is 0 Å². The minimum absolute atomic E-state index is 0.185. The van der Waals surface area contributed by atoms with E-state index in [0.717, 1.165) is 25.8 Å². The van der Waals surface area contributed by atoms with Gasteiger partial charge in [-0.2, -0.15) is 0 Å². The van der Waals surface area contributed by atoms with Gasteiger partial charge in [0.05, 0.1) is 0 Å².